The Kier molecular flexibility index (Phi) is 4.78. The number of benzene rings is 1. The summed E-state index contributed by atoms with van der Waals surface area (Å²) in [7, 11) is 0. The molecule has 0 atom stereocenters. The van der Waals surface area contributed by atoms with Gasteiger partial charge in [-0.3, -0.25) is 20.4 Å². The molecule has 1 aliphatic rings. The highest BCUT2D eigenvalue weighted by Gasteiger charge is 2.25. The van der Waals surface area contributed by atoms with Gasteiger partial charge in [0.25, 0.3) is 11.8 Å². The van der Waals surface area contributed by atoms with Gasteiger partial charge in [0.1, 0.15) is 5.57 Å². The fourth-order valence-corrected chi connectivity index (χ4v) is 2.53. The van der Waals surface area contributed by atoms with Crippen LogP contribution in [0.25, 0.3) is 6.08 Å². The molecule has 4 nitrogen and oxygen atoms in total. The molecule has 2 amide bonds. The van der Waals surface area contributed by atoms with Crippen LogP contribution in [0.1, 0.15) is 48.4 Å². The molecule has 2 N–H and O–H groups in total. The van der Waals surface area contributed by atoms with Gasteiger partial charge in [0.2, 0.25) is 0 Å². The van der Waals surface area contributed by atoms with Gasteiger partial charge in [-0.15, -0.1) is 0 Å². The Hall–Kier alpha value is -2.10. The number of hydrogen-bond acceptors (Lipinski definition) is 2. The van der Waals surface area contributed by atoms with E-state index in [0.717, 1.165) is 17.5 Å². The summed E-state index contributed by atoms with van der Waals surface area (Å²) in [6.07, 6.45) is 6.40. The lowest BCUT2D eigenvalue weighted by Gasteiger charge is -2.11. The van der Waals surface area contributed by atoms with Crippen LogP contribution in [-0.4, -0.2) is 11.8 Å². The number of unbranched alkanes of at least 4 members (excludes halogenated alkanes) is 2. The van der Waals surface area contributed by atoms with Crippen LogP contribution in [0.15, 0.2) is 17.7 Å². The molecule has 1 aliphatic heterocycles. The van der Waals surface area contributed by atoms with E-state index in [1.165, 1.54) is 30.4 Å². The zero-order chi connectivity index (χ0) is 15.4. The van der Waals surface area contributed by atoms with Crippen molar-refractivity contribution in [2.24, 2.45) is 0 Å². The van der Waals surface area contributed by atoms with Crippen LogP contribution >= 0.6 is 0 Å². The van der Waals surface area contributed by atoms with Gasteiger partial charge < -0.3 is 0 Å². The minimum Gasteiger partial charge on any atom is -0.267 e. The Morgan fingerprint density at radius 1 is 1.00 bits per heavy atom. The molecule has 0 saturated carbocycles. The summed E-state index contributed by atoms with van der Waals surface area (Å²) in [5.74, 6) is -0.742. The quantitative estimate of drug-likeness (QED) is 0.496. The molecule has 21 heavy (non-hydrogen) atoms. The number of hydrazine groups is 1. The second-order valence-corrected chi connectivity index (χ2v) is 5.49. The maximum absolute atomic E-state index is 11.6. The summed E-state index contributed by atoms with van der Waals surface area (Å²) >= 11 is 0. The second kappa shape index (κ2) is 6.57. The maximum Gasteiger partial charge on any atom is 0.275 e. The predicted octanol–water partition coefficient (Wildman–Crippen LogP) is 2.58. The molecule has 4 heteroatoms. The van der Waals surface area contributed by atoms with Crippen LogP contribution < -0.4 is 10.9 Å². The third-order valence-corrected chi connectivity index (χ3v) is 4.07. The molecule has 0 unspecified atom stereocenters. The Morgan fingerprint density at radius 3 is 2.29 bits per heavy atom. The highest BCUT2D eigenvalue weighted by atomic mass is 16.2. The number of amides is 2. The summed E-state index contributed by atoms with van der Waals surface area (Å²) in [5, 5.41) is 0. The van der Waals surface area contributed by atoms with Crippen molar-refractivity contribution in [1.29, 1.82) is 0 Å². The zero-order valence-electron chi connectivity index (χ0n) is 12.9. The first kappa shape index (κ1) is 15.3. The summed E-state index contributed by atoms with van der Waals surface area (Å²) in [6, 6.07) is 4.10. The molecule has 0 aromatic heterocycles. The SMILES string of the molecule is CCCCCc1ccc(C=C2C(=O)NNC2=O)c(C)c1C. The van der Waals surface area contributed by atoms with Crippen molar-refractivity contribution >= 4 is 17.9 Å². The first-order valence-electron chi connectivity index (χ1n) is 7.46. The lowest BCUT2D eigenvalue weighted by Crippen LogP contribution is -2.28. The summed E-state index contributed by atoms with van der Waals surface area (Å²) < 4.78 is 0. The van der Waals surface area contributed by atoms with Gasteiger partial charge in [-0.2, -0.15) is 0 Å². The summed E-state index contributed by atoms with van der Waals surface area (Å²) in [6.45, 7) is 6.34. The lowest BCUT2D eigenvalue weighted by molar-refractivity contribution is -0.117. The van der Waals surface area contributed by atoms with Crippen LogP contribution in [-0.2, 0) is 16.0 Å². The van der Waals surface area contributed by atoms with E-state index in [2.05, 4.69) is 30.8 Å². The predicted molar refractivity (Wildman–Crippen MR) is 83.4 cm³/mol. The van der Waals surface area contributed by atoms with Crippen molar-refractivity contribution in [2.75, 3.05) is 0 Å². The highest BCUT2D eigenvalue weighted by Crippen LogP contribution is 2.22. The summed E-state index contributed by atoms with van der Waals surface area (Å²) in [5.41, 5.74) is 9.44. The molecule has 2 rings (SSSR count). The Balaban J connectivity index is 2.26. The second-order valence-electron chi connectivity index (χ2n) is 5.49. The third kappa shape index (κ3) is 3.32. The number of nitrogens with one attached hydrogen (secondary N) is 2. The largest absolute Gasteiger partial charge is 0.275 e. The van der Waals surface area contributed by atoms with E-state index in [4.69, 9.17) is 0 Å². The van der Waals surface area contributed by atoms with E-state index in [0.29, 0.717) is 0 Å². The smallest absolute Gasteiger partial charge is 0.267 e. The minimum absolute atomic E-state index is 0.163. The molecule has 0 aliphatic carbocycles. The first-order chi connectivity index (χ1) is 10.0. The van der Waals surface area contributed by atoms with Crippen LogP contribution in [0, 0.1) is 13.8 Å². The van der Waals surface area contributed by atoms with Crippen molar-refractivity contribution in [2.45, 2.75) is 46.5 Å². The van der Waals surface area contributed by atoms with Gasteiger partial charge in [0.15, 0.2) is 0 Å². The zero-order valence-corrected chi connectivity index (χ0v) is 12.9. The fourth-order valence-electron chi connectivity index (χ4n) is 2.53. The van der Waals surface area contributed by atoms with Gasteiger partial charge in [-0.25, -0.2) is 0 Å². The van der Waals surface area contributed by atoms with E-state index in [1.807, 2.05) is 13.0 Å². The van der Waals surface area contributed by atoms with Gasteiger partial charge in [-0.1, -0.05) is 31.9 Å². The van der Waals surface area contributed by atoms with Gasteiger partial charge in [-0.05, 0) is 55.0 Å². The number of aryl methyl sites for hydroxylation is 1. The van der Waals surface area contributed by atoms with Gasteiger partial charge >= 0.3 is 0 Å². The number of carbonyl (C=O) groups is 2. The third-order valence-electron chi connectivity index (χ3n) is 4.07. The van der Waals surface area contributed by atoms with Gasteiger partial charge in [0, 0.05) is 0 Å². The topological polar surface area (TPSA) is 58.2 Å². The number of rotatable bonds is 5. The van der Waals surface area contributed by atoms with E-state index in [-0.39, 0.29) is 17.4 Å². The standard InChI is InChI=1S/C17H22N2O2/c1-4-5-6-7-13-8-9-14(12(3)11(13)2)10-15-16(20)18-19-17(15)21/h8-10H,4-7H2,1-3H3,(H,18,20)(H,19,21). The molecule has 1 fully saturated rings. The van der Waals surface area contributed by atoms with E-state index in [1.54, 1.807) is 6.08 Å². The maximum atomic E-state index is 11.6. The molecular weight excluding hydrogens is 264 g/mol. The Bertz CT molecular complexity index is 585. The normalized spacial score (nSPS) is 14.1. The average Bonchev–Trinajstić information content (AvgIpc) is 2.78. The van der Waals surface area contributed by atoms with Crippen LogP contribution in [0.3, 0.4) is 0 Å². The molecular formula is C17H22N2O2. The molecule has 0 spiro atoms. The van der Waals surface area contributed by atoms with Crippen LogP contribution in [0.5, 0.6) is 0 Å². The molecule has 1 heterocycles. The number of carbonyl (C=O) groups excluding carboxylic acids is 2. The van der Waals surface area contributed by atoms with Crippen molar-refractivity contribution in [3.05, 3.63) is 40.0 Å². The van der Waals surface area contributed by atoms with Crippen molar-refractivity contribution in [3.63, 3.8) is 0 Å². The summed E-state index contributed by atoms with van der Waals surface area (Å²) in [4.78, 5) is 23.1. The van der Waals surface area contributed by atoms with E-state index in [9.17, 15) is 9.59 Å². The van der Waals surface area contributed by atoms with Gasteiger partial charge in [0.05, 0.1) is 0 Å². The minimum atomic E-state index is -0.371. The molecule has 0 bridgehead atoms. The first-order valence-corrected chi connectivity index (χ1v) is 7.46. The molecule has 1 saturated heterocycles. The van der Waals surface area contributed by atoms with E-state index < -0.39 is 0 Å². The number of hydrogen-bond donors (Lipinski definition) is 2. The lowest BCUT2D eigenvalue weighted by atomic mass is 9.94. The molecule has 1 aromatic rings. The fraction of sp³-hybridized carbons (Fsp3) is 0.412. The Labute approximate surface area is 125 Å². The molecule has 1 aromatic carbocycles. The van der Waals surface area contributed by atoms with Crippen molar-refractivity contribution < 1.29 is 9.59 Å². The van der Waals surface area contributed by atoms with Crippen molar-refractivity contribution in [1.82, 2.24) is 10.9 Å². The van der Waals surface area contributed by atoms with Crippen molar-refractivity contribution in [3.8, 4) is 0 Å². The van der Waals surface area contributed by atoms with Crippen LogP contribution in [0.4, 0.5) is 0 Å². The van der Waals surface area contributed by atoms with Crippen LogP contribution in [0.2, 0.25) is 0 Å². The Morgan fingerprint density at radius 2 is 1.67 bits per heavy atom. The molecule has 112 valence electrons. The monoisotopic (exact) mass is 286 g/mol. The highest BCUT2D eigenvalue weighted by molar-refractivity contribution is 6.25. The van der Waals surface area contributed by atoms with E-state index >= 15 is 0 Å². The average molecular weight is 286 g/mol. The molecule has 0 radical (unpaired) electrons.